The molecule has 2 atom stereocenters. The fourth-order valence-electron chi connectivity index (χ4n) is 8.43. The molecule has 17 heteroatoms. The Bertz CT molecular complexity index is 2610. The van der Waals surface area contributed by atoms with Crippen LogP contribution < -0.4 is 19.7 Å². The van der Waals surface area contributed by atoms with Gasteiger partial charge < -0.3 is 24.7 Å². The van der Waals surface area contributed by atoms with Crippen LogP contribution in [-0.4, -0.2) is 92.3 Å². The number of nitro benzene ring substituents is 1. The predicted molar refractivity (Wildman–Crippen MR) is 237 cm³/mol. The maximum Gasteiger partial charge on any atom is 0.293 e. The Kier molecular flexibility index (Phi) is 12.5. The van der Waals surface area contributed by atoms with E-state index in [2.05, 4.69) is 55.8 Å². The average Bonchev–Trinajstić information content (AvgIpc) is 3.74. The van der Waals surface area contributed by atoms with Crippen molar-refractivity contribution in [3.05, 3.63) is 117 Å². The molecule has 8 rings (SSSR count). The van der Waals surface area contributed by atoms with Crippen molar-refractivity contribution in [2.75, 3.05) is 56.1 Å². The lowest BCUT2D eigenvalue weighted by atomic mass is 9.72. The first-order valence-corrected chi connectivity index (χ1v) is 22.6. The lowest BCUT2D eigenvalue weighted by Gasteiger charge is -2.39. The minimum Gasteiger partial charge on any atom is -0.454 e. The highest BCUT2D eigenvalue weighted by Gasteiger charge is 2.31. The summed E-state index contributed by atoms with van der Waals surface area (Å²) < 4.78 is 55.3. The number of sulfonamides is 1. The molecule has 1 aliphatic carbocycles. The molecule has 326 valence electrons. The van der Waals surface area contributed by atoms with Crippen molar-refractivity contribution in [2.24, 2.45) is 5.41 Å². The first-order chi connectivity index (χ1) is 29.7. The molecule has 14 nitrogen and oxygen atoms in total. The number of H-pyrrole nitrogens is 1. The molecule has 4 aromatic carbocycles. The zero-order chi connectivity index (χ0) is 43.6. The maximum atomic E-state index is 13.9. The number of carbonyl (C=O) groups excluding carboxylic acids is 1. The van der Waals surface area contributed by atoms with Gasteiger partial charge in [0.1, 0.15) is 23.1 Å². The van der Waals surface area contributed by atoms with E-state index in [1.54, 1.807) is 24.3 Å². The third kappa shape index (κ3) is 9.88. The minimum atomic E-state index is -4.62. The number of alkyl halides is 1. The molecule has 2 aliphatic heterocycles. The van der Waals surface area contributed by atoms with Gasteiger partial charge in [-0.3, -0.25) is 19.8 Å². The highest BCUT2D eigenvalue weighted by atomic mass is 35.5. The summed E-state index contributed by atoms with van der Waals surface area (Å²) >= 11 is 6.24. The summed E-state index contributed by atoms with van der Waals surface area (Å²) in [7, 11) is -4.62. The second kappa shape index (κ2) is 18.0. The molecule has 3 aliphatic rings. The van der Waals surface area contributed by atoms with Gasteiger partial charge in [0.05, 0.1) is 33.3 Å². The third-order valence-corrected chi connectivity index (χ3v) is 13.5. The van der Waals surface area contributed by atoms with Gasteiger partial charge >= 0.3 is 0 Å². The van der Waals surface area contributed by atoms with E-state index in [4.69, 9.17) is 21.1 Å². The predicted octanol–water partition coefficient (Wildman–Crippen LogP) is 8.75. The highest BCUT2D eigenvalue weighted by molar-refractivity contribution is 7.90. The standard InChI is InChI=1S/C45H49ClFN7O7S/c1-45(2)16-14-30(37(25-45)29-6-8-31(46)9-7-29)27-52-17-19-53(20-18-52)33-10-12-36(42(23-33)61-41-5-3-4-39-43(41)50-28-49-39)44(55)51-62(58,59)35-11-13-38(40(24-35)54(56)57)48-26-34-22-32(47)15-21-60-34/h3-13,23-24,28,32,34,48H,14-22,25-27H2,1-2H3,(H,49,50)(H,51,55). The summed E-state index contributed by atoms with van der Waals surface area (Å²) in [6.07, 6.45) is 3.59. The van der Waals surface area contributed by atoms with E-state index in [0.717, 1.165) is 61.7 Å². The number of carbonyl (C=O) groups is 1. The topological polar surface area (TPSA) is 172 Å². The minimum absolute atomic E-state index is 0.0299. The van der Waals surface area contributed by atoms with E-state index in [1.165, 1.54) is 35.2 Å². The number of fused-ring (bicyclic) bond motifs is 1. The monoisotopic (exact) mass is 885 g/mol. The number of nitrogens with one attached hydrogen (secondary N) is 3. The van der Waals surface area contributed by atoms with Gasteiger partial charge in [-0.2, -0.15) is 0 Å². The number of halogens is 2. The van der Waals surface area contributed by atoms with Gasteiger partial charge in [-0.15, -0.1) is 0 Å². The van der Waals surface area contributed by atoms with Crippen LogP contribution >= 0.6 is 11.6 Å². The smallest absolute Gasteiger partial charge is 0.293 e. The highest BCUT2D eigenvalue weighted by Crippen LogP contribution is 2.43. The van der Waals surface area contributed by atoms with E-state index in [-0.39, 0.29) is 48.4 Å². The summed E-state index contributed by atoms with van der Waals surface area (Å²) in [5.41, 5.74) is 5.72. The number of anilines is 2. The number of ether oxygens (including phenoxy) is 2. The van der Waals surface area contributed by atoms with Crippen molar-refractivity contribution in [1.82, 2.24) is 19.6 Å². The molecule has 0 saturated carbocycles. The van der Waals surface area contributed by atoms with Crippen molar-refractivity contribution in [1.29, 1.82) is 0 Å². The van der Waals surface area contributed by atoms with E-state index in [1.807, 2.05) is 18.2 Å². The third-order valence-electron chi connectivity index (χ3n) is 11.9. The zero-order valence-electron chi connectivity index (χ0n) is 34.5. The van der Waals surface area contributed by atoms with E-state index < -0.39 is 43.7 Å². The fourth-order valence-corrected chi connectivity index (χ4v) is 9.54. The summed E-state index contributed by atoms with van der Waals surface area (Å²) in [6.45, 7) is 8.87. The normalized spacial score (nSPS) is 19.6. The van der Waals surface area contributed by atoms with Crippen molar-refractivity contribution >= 4 is 61.2 Å². The van der Waals surface area contributed by atoms with E-state index in [0.29, 0.717) is 29.9 Å². The second-order valence-corrected chi connectivity index (χ2v) is 19.0. The van der Waals surface area contributed by atoms with Gasteiger partial charge in [0, 0.05) is 81.6 Å². The number of imidazole rings is 1. The van der Waals surface area contributed by atoms with Crippen LogP contribution in [0.25, 0.3) is 16.6 Å². The van der Waals surface area contributed by atoms with Gasteiger partial charge in [0.15, 0.2) is 5.75 Å². The van der Waals surface area contributed by atoms with Crippen LogP contribution in [0.15, 0.2) is 95.7 Å². The SMILES string of the molecule is CC1(C)CCC(CN2CCN(c3ccc(C(=O)NS(=O)(=O)c4ccc(NCC5CC(F)CCO5)c([N+](=O)[O-])c4)c(Oc4cccc5[nH]cnc45)c3)CC2)=C(c2ccc(Cl)cc2)C1. The van der Waals surface area contributed by atoms with Crippen LogP contribution in [0.2, 0.25) is 5.02 Å². The number of aromatic amines is 1. The number of amides is 1. The summed E-state index contributed by atoms with van der Waals surface area (Å²) in [5.74, 6) is -0.546. The molecule has 1 aromatic heterocycles. The molecule has 5 aromatic rings. The maximum absolute atomic E-state index is 13.9. The molecule has 0 spiro atoms. The van der Waals surface area contributed by atoms with Crippen molar-refractivity contribution in [3.8, 4) is 11.5 Å². The van der Waals surface area contributed by atoms with Gasteiger partial charge in [0.2, 0.25) is 0 Å². The van der Waals surface area contributed by atoms with Crippen LogP contribution in [0.4, 0.5) is 21.5 Å². The number of nitrogens with zero attached hydrogens (tertiary/aromatic N) is 4. The molecular weight excluding hydrogens is 837 g/mol. The lowest BCUT2D eigenvalue weighted by molar-refractivity contribution is -0.384. The molecule has 0 bridgehead atoms. The van der Waals surface area contributed by atoms with Gasteiger partial charge in [-0.25, -0.2) is 22.5 Å². The van der Waals surface area contributed by atoms with E-state index >= 15 is 0 Å². The largest absolute Gasteiger partial charge is 0.454 e. The molecule has 0 radical (unpaired) electrons. The van der Waals surface area contributed by atoms with Crippen molar-refractivity contribution in [2.45, 2.75) is 63.1 Å². The van der Waals surface area contributed by atoms with Gasteiger partial charge in [0.25, 0.3) is 21.6 Å². The second-order valence-electron chi connectivity index (χ2n) is 16.9. The molecular formula is C45H49ClFN7O7S. The van der Waals surface area contributed by atoms with Crippen LogP contribution in [0.5, 0.6) is 11.5 Å². The summed E-state index contributed by atoms with van der Waals surface area (Å²) in [6, 6.07) is 21.7. The molecule has 2 unspecified atom stereocenters. The fraction of sp³-hybridized carbons (Fsp3) is 0.378. The van der Waals surface area contributed by atoms with Crippen LogP contribution in [0, 0.1) is 15.5 Å². The summed E-state index contributed by atoms with van der Waals surface area (Å²) in [5, 5.41) is 15.7. The Morgan fingerprint density at radius 3 is 2.61 bits per heavy atom. The average molecular weight is 886 g/mol. The van der Waals surface area contributed by atoms with Crippen LogP contribution in [0.3, 0.4) is 0 Å². The molecule has 2 fully saturated rings. The Morgan fingerprint density at radius 2 is 1.85 bits per heavy atom. The number of nitro groups is 1. The Hall–Kier alpha value is -5.55. The van der Waals surface area contributed by atoms with E-state index in [9.17, 15) is 27.7 Å². The Balaban J connectivity index is 1.01. The Morgan fingerprint density at radius 1 is 1.06 bits per heavy atom. The molecule has 2 saturated heterocycles. The number of piperazine rings is 1. The molecule has 3 N–H and O–H groups in total. The molecule has 62 heavy (non-hydrogen) atoms. The quantitative estimate of drug-likeness (QED) is 0.0763. The molecule has 1 amide bonds. The number of benzene rings is 4. The molecule has 3 heterocycles. The number of aromatic nitrogens is 2. The number of hydrogen-bond donors (Lipinski definition) is 3. The van der Waals surface area contributed by atoms with Gasteiger partial charge in [-0.1, -0.05) is 49.2 Å². The Labute approximate surface area is 364 Å². The van der Waals surface area contributed by atoms with Gasteiger partial charge in [-0.05, 0) is 84.3 Å². The van der Waals surface area contributed by atoms with Crippen molar-refractivity contribution < 1.29 is 32.0 Å². The number of hydrogen-bond acceptors (Lipinski definition) is 11. The first kappa shape index (κ1) is 43.1. The first-order valence-electron chi connectivity index (χ1n) is 20.7. The number of para-hydroxylation sites is 1. The van der Waals surface area contributed by atoms with Crippen molar-refractivity contribution in [3.63, 3.8) is 0 Å². The number of allylic oxidation sites excluding steroid dienone is 1. The summed E-state index contributed by atoms with van der Waals surface area (Å²) in [4.78, 5) is 36.9. The zero-order valence-corrected chi connectivity index (χ0v) is 36.1. The lowest BCUT2D eigenvalue weighted by Crippen LogP contribution is -2.47. The number of rotatable bonds is 13. The van der Waals surface area contributed by atoms with Crippen LogP contribution in [0.1, 0.15) is 61.9 Å². The van der Waals surface area contributed by atoms with Crippen LogP contribution in [-0.2, 0) is 14.8 Å².